The fourth-order valence-electron chi connectivity index (χ4n) is 1.89. The van der Waals surface area contributed by atoms with E-state index in [4.69, 9.17) is 5.11 Å². The fourth-order valence-corrected chi connectivity index (χ4v) is 2.65. The summed E-state index contributed by atoms with van der Waals surface area (Å²) in [5.41, 5.74) is 4.05. The van der Waals surface area contributed by atoms with Crippen LogP contribution in [0, 0.1) is 6.92 Å². The summed E-state index contributed by atoms with van der Waals surface area (Å²) in [5, 5.41) is 17.1. The van der Waals surface area contributed by atoms with Crippen LogP contribution in [-0.4, -0.2) is 31.1 Å². The first kappa shape index (κ1) is 11.8. The Balaban J connectivity index is 2.09. The molecule has 6 nitrogen and oxygen atoms in total. The highest BCUT2D eigenvalue weighted by atomic mass is 32.1. The number of carboxylic acid groups (broad SMARTS) is 1. The number of thiazole rings is 1. The van der Waals surface area contributed by atoms with E-state index in [9.17, 15) is 4.79 Å². The van der Waals surface area contributed by atoms with Gasteiger partial charge in [-0.05, 0) is 19.1 Å². The second kappa shape index (κ2) is 4.43. The van der Waals surface area contributed by atoms with Crippen molar-refractivity contribution in [3.05, 3.63) is 39.8 Å². The van der Waals surface area contributed by atoms with Crippen LogP contribution >= 0.6 is 11.3 Å². The van der Waals surface area contributed by atoms with Crippen molar-refractivity contribution in [3.63, 3.8) is 0 Å². The summed E-state index contributed by atoms with van der Waals surface area (Å²) in [7, 11) is 0. The van der Waals surface area contributed by atoms with Crippen molar-refractivity contribution in [3.8, 4) is 0 Å². The minimum absolute atomic E-state index is 0.171. The summed E-state index contributed by atoms with van der Waals surface area (Å²) < 4.78 is 1.70. The summed E-state index contributed by atoms with van der Waals surface area (Å²) >= 11 is 1.55. The van der Waals surface area contributed by atoms with Crippen LogP contribution in [0.5, 0.6) is 0 Å². The van der Waals surface area contributed by atoms with Crippen LogP contribution in [0.3, 0.4) is 0 Å². The number of hydrogen-bond acceptors (Lipinski definition) is 5. The van der Waals surface area contributed by atoms with E-state index in [0.29, 0.717) is 17.6 Å². The predicted molar refractivity (Wildman–Crippen MR) is 70.4 cm³/mol. The van der Waals surface area contributed by atoms with Gasteiger partial charge in [-0.2, -0.15) is 0 Å². The van der Waals surface area contributed by atoms with Gasteiger partial charge in [0.05, 0.1) is 28.8 Å². The van der Waals surface area contributed by atoms with E-state index in [1.807, 2.05) is 13.0 Å². The van der Waals surface area contributed by atoms with Crippen molar-refractivity contribution >= 4 is 28.3 Å². The molecular weight excluding hydrogens is 264 g/mol. The smallest absolute Gasteiger partial charge is 0.338 e. The van der Waals surface area contributed by atoms with Crippen molar-refractivity contribution in [2.45, 2.75) is 13.5 Å². The monoisotopic (exact) mass is 274 g/mol. The zero-order chi connectivity index (χ0) is 13.4. The van der Waals surface area contributed by atoms with Gasteiger partial charge in [-0.25, -0.2) is 14.5 Å². The van der Waals surface area contributed by atoms with Gasteiger partial charge in [0, 0.05) is 4.88 Å². The maximum absolute atomic E-state index is 11.1. The molecule has 0 fully saturated rings. The van der Waals surface area contributed by atoms with Gasteiger partial charge in [0.2, 0.25) is 0 Å². The van der Waals surface area contributed by atoms with Crippen LogP contribution < -0.4 is 0 Å². The molecule has 0 saturated heterocycles. The second-order valence-electron chi connectivity index (χ2n) is 4.09. The molecule has 0 atom stereocenters. The summed E-state index contributed by atoms with van der Waals surface area (Å²) in [4.78, 5) is 16.4. The third-order valence-corrected chi connectivity index (χ3v) is 3.83. The second-order valence-corrected chi connectivity index (χ2v) is 5.03. The minimum atomic E-state index is -0.994. The molecule has 0 saturated carbocycles. The average Bonchev–Trinajstić information content (AvgIpc) is 2.97. The summed E-state index contributed by atoms with van der Waals surface area (Å²) in [5.74, 6) is -0.994. The Morgan fingerprint density at radius 3 is 3.00 bits per heavy atom. The van der Waals surface area contributed by atoms with Gasteiger partial charge in [-0.3, -0.25) is 0 Å². The molecule has 0 amide bonds. The van der Waals surface area contributed by atoms with E-state index < -0.39 is 5.97 Å². The molecule has 0 bridgehead atoms. The molecule has 96 valence electrons. The van der Waals surface area contributed by atoms with E-state index in [1.165, 1.54) is 6.07 Å². The van der Waals surface area contributed by atoms with Crippen molar-refractivity contribution in [1.29, 1.82) is 0 Å². The Morgan fingerprint density at radius 2 is 2.32 bits per heavy atom. The van der Waals surface area contributed by atoms with Crippen molar-refractivity contribution in [2.75, 3.05) is 0 Å². The van der Waals surface area contributed by atoms with Gasteiger partial charge >= 0.3 is 5.97 Å². The molecule has 1 N–H and O–H groups in total. The first-order chi connectivity index (χ1) is 9.16. The van der Waals surface area contributed by atoms with Crippen LogP contribution in [0.4, 0.5) is 0 Å². The molecular formula is C12H10N4O2S. The van der Waals surface area contributed by atoms with Gasteiger partial charge in [0.25, 0.3) is 0 Å². The number of hydrogen-bond donors (Lipinski definition) is 1. The number of rotatable bonds is 3. The predicted octanol–water partition coefficient (Wildman–Crippen LogP) is 1.94. The number of nitrogens with zero attached hydrogens (tertiary/aromatic N) is 4. The molecule has 7 heteroatoms. The van der Waals surface area contributed by atoms with Gasteiger partial charge in [0.1, 0.15) is 5.52 Å². The largest absolute Gasteiger partial charge is 0.478 e. The van der Waals surface area contributed by atoms with Crippen LogP contribution in [0.2, 0.25) is 0 Å². The number of carboxylic acids is 1. The average molecular weight is 274 g/mol. The maximum Gasteiger partial charge on any atom is 0.338 e. The molecule has 2 aromatic heterocycles. The Hall–Kier alpha value is -2.28. The Bertz CT molecular complexity index is 762. The van der Waals surface area contributed by atoms with Crippen molar-refractivity contribution < 1.29 is 9.90 Å². The van der Waals surface area contributed by atoms with Crippen LogP contribution in [-0.2, 0) is 6.54 Å². The number of carbonyl (C=O) groups is 1. The van der Waals surface area contributed by atoms with E-state index in [0.717, 1.165) is 10.6 Å². The number of benzene rings is 1. The number of aromatic nitrogens is 4. The zero-order valence-electron chi connectivity index (χ0n) is 10.1. The van der Waals surface area contributed by atoms with E-state index in [-0.39, 0.29) is 5.56 Å². The highest BCUT2D eigenvalue weighted by molar-refractivity contribution is 7.09. The van der Waals surface area contributed by atoms with Crippen molar-refractivity contribution in [1.82, 2.24) is 20.0 Å². The third-order valence-electron chi connectivity index (χ3n) is 2.91. The molecule has 0 spiro atoms. The highest BCUT2D eigenvalue weighted by Crippen LogP contribution is 2.19. The SMILES string of the molecule is Cc1ncsc1Cn1nnc2c(C(=O)O)cccc21. The van der Waals surface area contributed by atoms with Crippen LogP contribution in [0.15, 0.2) is 23.7 Å². The van der Waals surface area contributed by atoms with Gasteiger partial charge in [-0.1, -0.05) is 11.3 Å². The molecule has 3 rings (SSSR count). The highest BCUT2D eigenvalue weighted by Gasteiger charge is 2.14. The topological polar surface area (TPSA) is 80.9 Å². The lowest BCUT2D eigenvalue weighted by Gasteiger charge is -2.01. The van der Waals surface area contributed by atoms with E-state index in [1.54, 1.807) is 27.6 Å². The lowest BCUT2D eigenvalue weighted by molar-refractivity contribution is 0.0699. The molecule has 0 aliphatic rings. The van der Waals surface area contributed by atoms with Gasteiger partial charge < -0.3 is 5.11 Å². The Labute approximate surface area is 112 Å². The first-order valence-corrected chi connectivity index (χ1v) is 6.49. The molecule has 0 aliphatic carbocycles. The molecule has 19 heavy (non-hydrogen) atoms. The van der Waals surface area contributed by atoms with Gasteiger partial charge in [-0.15, -0.1) is 16.4 Å². The van der Waals surface area contributed by atoms with Crippen LogP contribution in [0.1, 0.15) is 20.9 Å². The summed E-state index contributed by atoms with van der Waals surface area (Å²) in [6.07, 6.45) is 0. The van der Waals surface area contributed by atoms with Crippen molar-refractivity contribution in [2.24, 2.45) is 0 Å². The summed E-state index contributed by atoms with van der Waals surface area (Å²) in [6.45, 7) is 2.49. The summed E-state index contributed by atoms with van der Waals surface area (Å²) in [6, 6.07) is 5.05. The molecule has 0 radical (unpaired) electrons. The lowest BCUT2D eigenvalue weighted by Crippen LogP contribution is -2.02. The Morgan fingerprint density at radius 1 is 1.47 bits per heavy atom. The van der Waals surface area contributed by atoms with Gasteiger partial charge in [0.15, 0.2) is 0 Å². The normalized spacial score (nSPS) is 11.0. The standard InChI is InChI=1S/C12H10N4O2S/c1-7-10(19-6-13-7)5-16-9-4-2-3-8(12(17)18)11(9)14-15-16/h2-4,6H,5H2,1H3,(H,17,18). The first-order valence-electron chi connectivity index (χ1n) is 5.61. The number of fused-ring (bicyclic) bond motifs is 1. The maximum atomic E-state index is 11.1. The molecule has 2 heterocycles. The zero-order valence-corrected chi connectivity index (χ0v) is 10.9. The minimum Gasteiger partial charge on any atom is -0.478 e. The quantitative estimate of drug-likeness (QED) is 0.789. The number of aromatic carboxylic acids is 1. The van der Waals surface area contributed by atoms with E-state index >= 15 is 0 Å². The Kier molecular flexibility index (Phi) is 2.75. The molecule has 3 aromatic rings. The van der Waals surface area contributed by atoms with Crippen LogP contribution in [0.25, 0.3) is 11.0 Å². The molecule has 0 aliphatic heterocycles. The third kappa shape index (κ3) is 1.97. The fraction of sp³-hybridized carbons (Fsp3) is 0.167. The molecule has 1 aromatic carbocycles. The van der Waals surface area contributed by atoms with E-state index in [2.05, 4.69) is 15.3 Å². The molecule has 0 unspecified atom stereocenters. The number of aryl methyl sites for hydroxylation is 1. The lowest BCUT2D eigenvalue weighted by atomic mass is 10.2.